The molecular formula is C20H21BrN2O2. The van der Waals surface area contributed by atoms with Gasteiger partial charge in [0.25, 0.3) is 11.8 Å². The predicted octanol–water partition coefficient (Wildman–Crippen LogP) is 4.09. The monoisotopic (exact) mass is 400 g/mol. The highest BCUT2D eigenvalue weighted by molar-refractivity contribution is 9.10. The number of nitrogens with zero attached hydrogens (tertiary/aromatic N) is 1. The summed E-state index contributed by atoms with van der Waals surface area (Å²) >= 11 is 3.39. The lowest BCUT2D eigenvalue weighted by Crippen LogP contribution is -2.38. The molecule has 5 heteroatoms. The molecule has 0 heterocycles. The summed E-state index contributed by atoms with van der Waals surface area (Å²) in [4.78, 5) is 26.9. The average Bonchev–Trinajstić information content (AvgIpc) is 2.64. The maximum atomic E-state index is 12.8. The van der Waals surface area contributed by atoms with E-state index in [1.165, 1.54) is 0 Å². The van der Waals surface area contributed by atoms with E-state index in [0.717, 1.165) is 10.0 Å². The summed E-state index contributed by atoms with van der Waals surface area (Å²) in [5.74, 6) is -0.498. The molecule has 0 unspecified atom stereocenters. The number of amides is 2. The Morgan fingerprint density at radius 3 is 2.16 bits per heavy atom. The molecule has 0 aliphatic heterocycles. The van der Waals surface area contributed by atoms with Gasteiger partial charge in [-0.25, -0.2) is 0 Å². The van der Waals surface area contributed by atoms with Crippen LogP contribution in [-0.2, 0) is 4.79 Å². The van der Waals surface area contributed by atoms with E-state index in [-0.39, 0.29) is 17.5 Å². The minimum Gasteiger partial charge on any atom is -0.338 e. The lowest BCUT2D eigenvalue weighted by Gasteiger charge is -2.21. The van der Waals surface area contributed by atoms with Crippen molar-refractivity contribution in [2.45, 2.75) is 13.8 Å². The normalized spacial score (nSPS) is 11.1. The molecule has 0 bridgehead atoms. The quantitative estimate of drug-likeness (QED) is 0.742. The van der Waals surface area contributed by atoms with E-state index in [4.69, 9.17) is 0 Å². The van der Waals surface area contributed by atoms with Gasteiger partial charge in [0, 0.05) is 23.1 Å². The SMILES string of the molecule is CCN(CC)C(=O)C(=Cc1ccc(Br)cc1)NC(=O)c1ccccc1. The van der Waals surface area contributed by atoms with Gasteiger partial charge in [-0.2, -0.15) is 0 Å². The second-order valence-corrected chi connectivity index (χ2v) is 6.32. The van der Waals surface area contributed by atoms with Crippen molar-refractivity contribution in [3.8, 4) is 0 Å². The van der Waals surface area contributed by atoms with Crippen LogP contribution in [0.1, 0.15) is 29.8 Å². The van der Waals surface area contributed by atoms with Crippen molar-refractivity contribution in [2.75, 3.05) is 13.1 Å². The van der Waals surface area contributed by atoms with Crippen LogP contribution >= 0.6 is 15.9 Å². The van der Waals surface area contributed by atoms with Crippen LogP contribution in [0.25, 0.3) is 6.08 Å². The zero-order valence-electron chi connectivity index (χ0n) is 14.3. The minimum absolute atomic E-state index is 0.197. The zero-order valence-corrected chi connectivity index (χ0v) is 15.9. The molecule has 0 aliphatic rings. The van der Waals surface area contributed by atoms with E-state index in [0.29, 0.717) is 18.7 Å². The van der Waals surface area contributed by atoms with Crippen molar-refractivity contribution < 1.29 is 9.59 Å². The van der Waals surface area contributed by atoms with Gasteiger partial charge in [-0.15, -0.1) is 0 Å². The summed E-state index contributed by atoms with van der Waals surface area (Å²) in [6, 6.07) is 16.4. The topological polar surface area (TPSA) is 49.4 Å². The third kappa shape index (κ3) is 5.29. The fourth-order valence-electron chi connectivity index (χ4n) is 2.34. The second kappa shape index (κ2) is 9.18. The van der Waals surface area contributed by atoms with Gasteiger partial charge in [-0.05, 0) is 49.8 Å². The van der Waals surface area contributed by atoms with Crippen molar-refractivity contribution in [1.29, 1.82) is 0 Å². The van der Waals surface area contributed by atoms with Crippen LogP contribution in [0.15, 0.2) is 64.8 Å². The zero-order chi connectivity index (χ0) is 18.2. The molecular weight excluding hydrogens is 380 g/mol. The van der Waals surface area contributed by atoms with Gasteiger partial charge in [0.15, 0.2) is 0 Å². The number of halogens is 1. The van der Waals surface area contributed by atoms with Crippen LogP contribution in [0.5, 0.6) is 0 Å². The molecule has 4 nitrogen and oxygen atoms in total. The maximum Gasteiger partial charge on any atom is 0.270 e. The van der Waals surface area contributed by atoms with E-state index < -0.39 is 0 Å². The van der Waals surface area contributed by atoms with Crippen molar-refractivity contribution in [3.63, 3.8) is 0 Å². The Hall–Kier alpha value is -2.40. The predicted molar refractivity (Wildman–Crippen MR) is 104 cm³/mol. The number of carbonyl (C=O) groups is 2. The molecule has 0 saturated heterocycles. The van der Waals surface area contributed by atoms with Crippen LogP contribution in [0.2, 0.25) is 0 Å². The van der Waals surface area contributed by atoms with Crippen molar-refractivity contribution in [3.05, 3.63) is 75.9 Å². The Kier molecular flexibility index (Phi) is 6.95. The first-order chi connectivity index (χ1) is 12.0. The summed E-state index contributed by atoms with van der Waals surface area (Å²) in [7, 11) is 0. The highest BCUT2D eigenvalue weighted by atomic mass is 79.9. The van der Waals surface area contributed by atoms with Gasteiger partial charge in [-0.3, -0.25) is 9.59 Å². The first-order valence-corrected chi connectivity index (χ1v) is 8.97. The molecule has 2 aromatic carbocycles. The minimum atomic E-state index is -0.301. The third-order valence-corrected chi connectivity index (χ3v) is 4.27. The van der Waals surface area contributed by atoms with Gasteiger partial charge >= 0.3 is 0 Å². The molecule has 0 radical (unpaired) electrons. The standard InChI is InChI=1S/C20H21BrN2O2/c1-3-23(4-2)20(25)18(14-15-10-12-17(21)13-11-15)22-19(24)16-8-6-5-7-9-16/h5-14H,3-4H2,1-2H3,(H,22,24). The Labute approximate surface area is 156 Å². The molecule has 0 spiro atoms. The van der Waals surface area contributed by atoms with E-state index in [9.17, 15) is 9.59 Å². The molecule has 2 aromatic rings. The summed E-state index contributed by atoms with van der Waals surface area (Å²) in [5.41, 5.74) is 1.61. The molecule has 0 aliphatic carbocycles. The number of likely N-dealkylation sites (N-methyl/N-ethyl adjacent to an activating group) is 1. The summed E-state index contributed by atoms with van der Waals surface area (Å²) in [6.45, 7) is 4.98. The Bertz CT molecular complexity index is 751. The number of hydrogen-bond donors (Lipinski definition) is 1. The van der Waals surface area contributed by atoms with Crippen molar-refractivity contribution >= 4 is 33.8 Å². The molecule has 2 rings (SSSR count). The molecule has 0 atom stereocenters. The highest BCUT2D eigenvalue weighted by Crippen LogP contribution is 2.14. The van der Waals surface area contributed by atoms with Gasteiger partial charge in [-0.1, -0.05) is 46.3 Å². The number of benzene rings is 2. The molecule has 1 N–H and O–H groups in total. The molecule has 0 aromatic heterocycles. The van der Waals surface area contributed by atoms with Crippen LogP contribution in [0.3, 0.4) is 0 Å². The van der Waals surface area contributed by atoms with Gasteiger partial charge in [0.2, 0.25) is 0 Å². The molecule has 2 amide bonds. The Balaban J connectivity index is 2.33. The smallest absolute Gasteiger partial charge is 0.270 e. The van der Waals surface area contributed by atoms with E-state index in [1.54, 1.807) is 35.2 Å². The Morgan fingerprint density at radius 1 is 1.00 bits per heavy atom. The second-order valence-electron chi connectivity index (χ2n) is 5.41. The Morgan fingerprint density at radius 2 is 1.60 bits per heavy atom. The van der Waals surface area contributed by atoms with E-state index in [2.05, 4.69) is 21.2 Å². The largest absolute Gasteiger partial charge is 0.338 e. The molecule has 0 fully saturated rings. The van der Waals surface area contributed by atoms with Crippen molar-refractivity contribution in [1.82, 2.24) is 10.2 Å². The lowest BCUT2D eigenvalue weighted by atomic mass is 10.1. The van der Waals surface area contributed by atoms with E-state index in [1.807, 2.05) is 44.2 Å². The third-order valence-electron chi connectivity index (χ3n) is 3.75. The lowest BCUT2D eigenvalue weighted by molar-refractivity contribution is -0.127. The molecule has 130 valence electrons. The summed E-state index contributed by atoms with van der Waals surface area (Å²) < 4.78 is 0.953. The van der Waals surface area contributed by atoms with E-state index >= 15 is 0 Å². The average molecular weight is 401 g/mol. The first kappa shape index (κ1) is 18.9. The first-order valence-electron chi connectivity index (χ1n) is 8.18. The van der Waals surface area contributed by atoms with Crippen LogP contribution in [-0.4, -0.2) is 29.8 Å². The number of carbonyl (C=O) groups excluding carboxylic acids is 2. The van der Waals surface area contributed by atoms with Gasteiger partial charge < -0.3 is 10.2 Å². The number of nitrogens with one attached hydrogen (secondary N) is 1. The number of hydrogen-bond acceptors (Lipinski definition) is 2. The van der Waals surface area contributed by atoms with Crippen LogP contribution < -0.4 is 5.32 Å². The van der Waals surface area contributed by atoms with Crippen LogP contribution in [0, 0.1) is 0 Å². The van der Waals surface area contributed by atoms with Gasteiger partial charge in [0.05, 0.1) is 0 Å². The number of rotatable bonds is 6. The fraction of sp³-hybridized carbons (Fsp3) is 0.200. The summed E-state index contributed by atoms with van der Waals surface area (Å²) in [6.07, 6.45) is 1.70. The van der Waals surface area contributed by atoms with Crippen molar-refractivity contribution in [2.24, 2.45) is 0 Å². The van der Waals surface area contributed by atoms with Gasteiger partial charge in [0.1, 0.15) is 5.70 Å². The maximum absolute atomic E-state index is 12.8. The fourth-order valence-corrected chi connectivity index (χ4v) is 2.61. The highest BCUT2D eigenvalue weighted by Gasteiger charge is 2.18. The molecule has 0 saturated carbocycles. The van der Waals surface area contributed by atoms with Crippen LogP contribution in [0.4, 0.5) is 0 Å². The molecule has 25 heavy (non-hydrogen) atoms. The summed E-state index contributed by atoms with van der Waals surface area (Å²) in [5, 5.41) is 2.76.